The predicted octanol–water partition coefficient (Wildman–Crippen LogP) is 2.14. The van der Waals surface area contributed by atoms with Crippen LogP contribution in [0.25, 0.3) is 0 Å². The van der Waals surface area contributed by atoms with E-state index < -0.39 is 0 Å². The molecule has 0 N–H and O–H groups in total. The van der Waals surface area contributed by atoms with Gasteiger partial charge in [0, 0.05) is 37.7 Å². The van der Waals surface area contributed by atoms with Crippen LogP contribution in [0.2, 0.25) is 0 Å². The van der Waals surface area contributed by atoms with Crippen LogP contribution in [-0.4, -0.2) is 36.3 Å². The molecular weight excluding hydrogens is 238 g/mol. The maximum atomic E-state index is 5.80. The molecule has 1 fully saturated rings. The Labute approximate surface area is 107 Å². The molecule has 94 valence electrons. The average molecular weight is 256 g/mol. The highest BCUT2D eigenvalue weighted by Gasteiger charge is 2.21. The standard InChI is InChI=1S/C12H18ClN3O/c1-9-10(6-13)7-14-12(15-9)16-5-3-4-11(8-16)17-2/h7,11H,3-6,8H2,1-2H3. The van der Waals surface area contributed by atoms with E-state index >= 15 is 0 Å². The molecule has 1 saturated heterocycles. The minimum atomic E-state index is 0.292. The SMILES string of the molecule is COC1CCCN(c2ncc(CCl)c(C)n2)C1. The van der Waals surface area contributed by atoms with Crippen molar-refractivity contribution in [3.8, 4) is 0 Å². The van der Waals surface area contributed by atoms with Gasteiger partial charge in [0.1, 0.15) is 0 Å². The van der Waals surface area contributed by atoms with Gasteiger partial charge in [0.15, 0.2) is 0 Å². The van der Waals surface area contributed by atoms with Crippen LogP contribution in [-0.2, 0) is 10.6 Å². The lowest BCUT2D eigenvalue weighted by Crippen LogP contribution is -2.40. The smallest absolute Gasteiger partial charge is 0.225 e. The summed E-state index contributed by atoms with van der Waals surface area (Å²) in [6.45, 7) is 3.84. The van der Waals surface area contributed by atoms with Crippen LogP contribution in [0.5, 0.6) is 0 Å². The summed E-state index contributed by atoms with van der Waals surface area (Å²) in [6.07, 6.45) is 4.35. The maximum absolute atomic E-state index is 5.80. The van der Waals surface area contributed by atoms with E-state index in [1.165, 1.54) is 0 Å². The molecule has 4 nitrogen and oxygen atoms in total. The fraction of sp³-hybridized carbons (Fsp3) is 0.667. The van der Waals surface area contributed by atoms with E-state index in [0.717, 1.165) is 43.1 Å². The Balaban J connectivity index is 2.13. The molecule has 1 aromatic rings. The Hall–Kier alpha value is -0.870. The van der Waals surface area contributed by atoms with Gasteiger partial charge in [-0.2, -0.15) is 0 Å². The zero-order chi connectivity index (χ0) is 12.3. The molecule has 1 atom stereocenters. The van der Waals surface area contributed by atoms with Gasteiger partial charge in [-0.1, -0.05) is 0 Å². The molecule has 1 aliphatic heterocycles. The molecule has 0 saturated carbocycles. The second-order valence-electron chi connectivity index (χ2n) is 4.36. The quantitative estimate of drug-likeness (QED) is 0.776. The summed E-state index contributed by atoms with van der Waals surface area (Å²) in [5.41, 5.74) is 1.96. The van der Waals surface area contributed by atoms with Gasteiger partial charge in [0.2, 0.25) is 5.95 Å². The largest absolute Gasteiger partial charge is 0.380 e. The molecule has 0 bridgehead atoms. The van der Waals surface area contributed by atoms with Gasteiger partial charge >= 0.3 is 0 Å². The average Bonchev–Trinajstić information content (AvgIpc) is 2.38. The highest BCUT2D eigenvalue weighted by molar-refractivity contribution is 6.17. The molecule has 2 rings (SSSR count). The third-order valence-electron chi connectivity index (χ3n) is 3.21. The summed E-state index contributed by atoms with van der Waals surface area (Å²) >= 11 is 5.80. The predicted molar refractivity (Wildman–Crippen MR) is 68.6 cm³/mol. The third kappa shape index (κ3) is 2.87. The number of nitrogens with zero attached hydrogens (tertiary/aromatic N) is 3. The molecule has 0 radical (unpaired) electrons. The number of halogens is 1. The van der Waals surface area contributed by atoms with Gasteiger partial charge in [0.25, 0.3) is 0 Å². The Morgan fingerprint density at radius 2 is 2.41 bits per heavy atom. The Morgan fingerprint density at radius 1 is 1.59 bits per heavy atom. The van der Waals surface area contributed by atoms with Gasteiger partial charge in [-0.3, -0.25) is 0 Å². The number of aryl methyl sites for hydroxylation is 1. The number of aromatic nitrogens is 2. The molecule has 5 heteroatoms. The topological polar surface area (TPSA) is 38.2 Å². The third-order valence-corrected chi connectivity index (χ3v) is 3.49. The van der Waals surface area contributed by atoms with E-state index in [9.17, 15) is 0 Å². The minimum Gasteiger partial charge on any atom is -0.380 e. The summed E-state index contributed by atoms with van der Waals surface area (Å²) in [7, 11) is 1.76. The Kier molecular flexibility index (Phi) is 4.18. The van der Waals surface area contributed by atoms with E-state index in [4.69, 9.17) is 16.3 Å². The zero-order valence-corrected chi connectivity index (χ0v) is 11.1. The number of ether oxygens (including phenoxy) is 1. The fourth-order valence-corrected chi connectivity index (χ4v) is 2.34. The van der Waals surface area contributed by atoms with Crippen molar-refractivity contribution in [3.63, 3.8) is 0 Å². The van der Waals surface area contributed by atoms with Crippen LogP contribution in [0.3, 0.4) is 0 Å². The van der Waals surface area contributed by atoms with Crippen molar-refractivity contribution in [2.75, 3.05) is 25.1 Å². The summed E-state index contributed by atoms with van der Waals surface area (Å²) in [4.78, 5) is 11.1. The number of anilines is 1. The summed E-state index contributed by atoms with van der Waals surface area (Å²) in [5, 5.41) is 0. The molecule has 1 aliphatic rings. The molecule has 0 amide bonds. The normalized spacial score (nSPS) is 20.6. The lowest BCUT2D eigenvalue weighted by molar-refractivity contribution is 0.0889. The first-order valence-corrected chi connectivity index (χ1v) is 6.44. The van der Waals surface area contributed by atoms with Gasteiger partial charge in [-0.05, 0) is 19.8 Å². The van der Waals surface area contributed by atoms with E-state index in [1.54, 1.807) is 7.11 Å². The first-order valence-electron chi connectivity index (χ1n) is 5.91. The lowest BCUT2D eigenvalue weighted by Gasteiger charge is -2.32. The number of alkyl halides is 1. The van der Waals surface area contributed by atoms with Gasteiger partial charge in [-0.25, -0.2) is 9.97 Å². The zero-order valence-electron chi connectivity index (χ0n) is 10.3. The highest BCUT2D eigenvalue weighted by Crippen LogP contribution is 2.19. The first kappa shape index (κ1) is 12.6. The van der Waals surface area contributed by atoms with E-state index in [2.05, 4.69) is 14.9 Å². The second kappa shape index (κ2) is 5.65. The number of piperidine rings is 1. The molecule has 2 heterocycles. The molecule has 1 aromatic heterocycles. The van der Waals surface area contributed by atoms with Crippen molar-refractivity contribution < 1.29 is 4.74 Å². The number of hydrogen-bond donors (Lipinski definition) is 0. The number of rotatable bonds is 3. The second-order valence-corrected chi connectivity index (χ2v) is 4.63. The van der Waals surface area contributed by atoms with Gasteiger partial charge < -0.3 is 9.64 Å². The van der Waals surface area contributed by atoms with Crippen molar-refractivity contribution in [1.82, 2.24) is 9.97 Å². The van der Waals surface area contributed by atoms with E-state index in [0.29, 0.717) is 12.0 Å². The molecule has 0 aromatic carbocycles. The monoisotopic (exact) mass is 255 g/mol. The van der Waals surface area contributed by atoms with E-state index in [1.807, 2.05) is 13.1 Å². The van der Waals surface area contributed by atoms with Crippen LogP contribution in [0, 0.1) is 6.92 Å². The van der Waals surface area contributed by atoms with Crippen molar-refractivity contribution in [2.45, 2.75) is 31.7 Å². The number of hydrogen-bond acceptors (Lipinski definition) is 4. The van der Waals surface area contributed by atoms with Gasteiger partial charge in [-0.15, -0.1) is 11.6 Å². The van der Waals surface area contributed by atoms with Crippen LogP contribution in [0.1, 0.15) is 24.1 Å². The van der Waals surface area contributed by atoms with Crippen molar-refractivity contribution in [3.05, 3.63) is 17.5 Å². The Morgan fingerprint density at radius 3 is 3.06 bits per heavy atom. The van der Waals surface area contributed by atoms with Crippen LogP contribution >= 0.6 is 11.6 Å². The maximum Gasteiger partial charge on any atom is 0.225 e. The molecule has 17 heavy (non-hydrogen) atoms. The van der Waals surface area contributed by atoms with Crippen LogP contribution in [0.4, 0.5) is 5.95 Å². The minimum absolute atomic E-state index is 0.292. The lowest BCUT2D eigenvalue weighted by atomic mass is 10.1. The van der Waals surface area contributed by atoms with E-state index in [-0.39, 0.29) is 0 Å². The fourth-order valence-electron chi connectivity index (χ4n) is 2.08. The molecule has 1 unspecified atom stereocenters. The first-order chi connectivity index (χ1) is 8.24. The summed E-state index contributed by atoms with van der Waals surface area (Å²) < 4.78 is 5.40. The van der Waals surface area contributed by atoms with Crippen molar-refractivity contribution in [2.24, 2.45) is 0 Å². The summed E-state index contributed by atoms with van der Waals surface area (Å²) in [6, 6.07) is 0. The highest BCUT2D eigenvalue weighted by atomic mass is 35.5. The van der Waals surface area contributed by atoms with Crippen molar-refractivity contribution in [1.29, 1.82) is 0 Å². The van der Waals surface area contributed by atoms with Crippen molar-refractivity contribution >= 4 is 17.5 Å². The Bertz CT molecular complexity index is 386. The number of methoxy groups -OCH3 is 1. The molecule has 0 aliphatic carbocycles. The van der Waals surface area contributed by atoms with Gasteiger partial charge in [0.05, 0.1) is 12.0 Å². The molecule has 0 spiro atoms. The van der Waals surface area contributed by atoms with Crippen LogP contribution < -0.4 is 4.90 Å². The molecular formula is C12H18ClN3O. The summed E-state index contributed by atoms with van der Waals surface area (Å²) in [5.74, 6) is 1.26. The van der Waals surface area contributed by atoms with Crippen LogP contribution in [0.15, 0.2) is 6.20 Å².